The van der Waals surface area contributed by atoms with Gasteiger partial charge in [-0.3, -0.25) is 9.69 Å². The molecule has 0 aromatic heterocycles. The van der Waals surface area contributed by atoms with Crippen LogP contribution in [0.15, 0.2) is 28.0 Å². The van der Waals surface area contributed by atoms with Crippen LogP contribution in [0, 0.1) is 12.3 Å². The van der Waals surface area contributed by atoms with Crippen molar-refractivity contribution in [3.05, 3.63) is 18.2 Å². The minimum Gasteiger partial charge on any atom is -0.328 e. The maximum Gasteiger partial charge on any atom is 0.253 e. The molecule has 24 heavy (non-hydrogen) atoms. The molecule has 0 aliphatic carbocycles. The van der Waals surface area contributed by atoms with Crippen LogP contribution in [0.3, 0.4) is 0 Å². The van der Waals surface area contributed by atoms with E-state index in [2.05, 4.69) is 5.92 Å². The Morgan fingerprint density at radius 3 is 2.08 bits per heavy atom. The number of benzene rings is 1. The highest BCUT2D eigenvalue weighted by atomic mass is 32.2. The number of nitrogens with zero attached hydrogens (tertiary/aromatic N) is 2. The van der Waals surface area contributed by atoms with Gasteiger partial charge in [0.1, 0.15) is 6.54 Å². The third-order valence-electron chi connectivity index (χ3n) is 3.30. The number of amides is 1. The summed E-state index contributed by atoms with van der Waals surface area (Å²) in [5.41, 5.74) is -0.253. The molecule has 0 atom stereocenters. The Bertz CT molecular complexity index is 924. The fraction of sp³-hybridized carbons (Fsp3) is 0.286. The van der Waals surface area contributed by atoms with Gasteiger partial charge in [0, 0.05) is 12.5 Å². The Balaban J connectivity index is 2.80. The van der Waals surface area contributed by atoms with Crippen LogP contribution in [0.2, 0.25) is 0 Å². The minimum absolute atomic E-state index is 0.0287. The molecule has 0 bridgehead atoms. The zero-order chi connectivity index (χ0) is 18.3. The highest BCUT2D eigenvalue weighted by Gasteiger charge is 2.38. The number of terminal acetylenes is 1. The van der Waals surface area contributed by atoms with Gasteiger partial charge in [0.15, 0.2) is 24.8 Å². The molecular weight excluding hydrogens is 372 g/mol. The number of sulfone groups is 2. The second-order valence-corrected chi connectivity index (χ2v) is 9.55. The Kier molecular flexibility index (Phi) is 4.72. The summed E-state index contributed by atoms with van der Waals surface area (Å²) in [5.74, 6) is 1.80. The molecular formula is C14H14N2O5S3. The van der Waals surface area contributed by atoms with Crippen molar-refractivity contribution in [1.29, 1.82) is 0 Å². The summed E-state index contributed by atoms with van der Waals surface area (Å²) < 4.78 is 48.4. The van der Waals surface area contributed by atoms with Crippen LogP contribution in [-0.4, -0.2) is 58.4 Å². The summed E-state index contributed by atoms with van der Waals surface area (Å²) in [6.45, 7) is -0.0966. The summed E-state index contributed by atoms with van der Waals surface area (Å²) in [5, 5.41) is -0.0287. The van der Waals surface area contributed by atoms with E-state index in [4.69, 9.17) is 18.6 Å². The fourth-order valence-electron chi connectivity index (χ4n) is 2.32. The third kappa shape index (κ3) is 3.28. The van der Waals surface area contributed by atoms with Crippen molar-refractivity contribution < 1.29 is 21.6 Å². The number of para-hydroxylation sites is 1. The van der Waals surface area contributed by atoms with Gasteiger partial charge in [-0.15, -0.1) is 6.42 Å². The average Bonchev–Trinajstić information content (AvgIpc) is 2.71. The van der Waals surface area contributed by atoms with Crippen molar-refractivity contribution in [1.82, 2.24) is 4.90 Å². The van der Waals surface area contributed by atoms with Crippen LogP contribution in [-0.2, 0) is 24.5 Å². The smallest absolute Gasteiger partial charge is 0.253 e. The normalized spacial score (nSPS) is 15.7. The molecule has 1 heterocycles. The molecule has 2 rings (SSSR count). The van der Waals surface area contributed by atoms with E-state index < -0.39 is 25.6 Å². The van der Waals surface area contributed by atoms with Gasteiger partial charge in [-0.25, -0.2) is 16.8 Å². The van der Waals surface area contributed by atoms with Crippen LogP contribution in [0.1, 0.15) is 0 Å². The molecule has 1 aliphatic heterocycles. The average molecular weight is 386 g/mol. The van der Waals surface area contributed by atoms with Gasteiger partial charge in [0.05, 0.1) is 22.0 Å². The molecule has 1 amide bonds. The van der Waals surface area contributed by atoms with Gasteiger partial charge in [-0.1, -0.05) is 12.0 Å². The molecule has 0 spiro atoms. The molecule has 1 aliphatic rings. The highest BCUT2D eigenvalue weighted by molar-refractivity contribution is 7.91. The lowest BCUT2D eigenvalue weighted by Crippen LogP contribution is -2.35. The molecule has 0 unspecified atom stereocenters. The van der Waals surface area contributed by atoms with Gasteiger partial charge >= 0.3 is 0 Å². The zero-order valence-corrected chi connectivity index (χ0v) is 15.3. The fourth-order valence-corrected chi connectivity index (χ4v) is 4.47. The van der Waals surface area contributed by atoms with Crippen LogP contribution >= 0.6 is 12.2 Å². The Morgan fingerprint density at radius 1 is 1.17 bits per heavy atom. The number of carbonyl (C=O) groups is 1. The quantitative estimate of drug-likeness (QED) is 0.534. The Labute approximate surface area is 146 Å². The van der Waals surface area contributed by atoms with E-state index in [-0.39, 0.29) is 33.7 Å². The van der Waals surface area contributed by atoms with Crippen LogP contribution in [0.25, 0.3) is 0 Å². The van der Waals surface area contributed by atoms with Gasteiger partial charge < -0.3 is 4.90 Å². The molecule has 0 N–H and O–H groups in total. The molecule has 1 aromatic carbocycles. The summed E-state index contributed by atoms with van der Waals surface area (Å²) in [6.07, 6.45) is 7.09. The van der Waals surface area contributed by atoms with Crippen LogP contribution < -0.4 is 4.90 Å². The second kappa shape index (κ2) is 6.16. The van der Waals surface area contributed by atoms with E-state index in [0.717, 1.165) is 17.4 Å². The van der Waals surface area contributed by atoms with Crippen molar-refractivity contribution >= 4 is 48.6 Å². The van der Waals surface area contributed by atoms with E-state index in [9.17, 15) is 21.6 Å². The maximum atomic E-state index is 12.4. The molecule has 7 nitrogen and oxygen atoms in total. The highest BCUT2D eigenvalue weighted by Crippen LogP contribution is 2.35. The molecule has 1 saturated heterocycles. The lowest BCUT2D eigenvalue weighted by Gasteiger charge is -2.23. The van der Waals surface area contributed by atoms with Crippen molar-refractivity contribution in [3.8, 4) is 12.3 Å². The maximum absolute atomic E-state index is 12.4. The Morgan fingerprint density at radius 2 is 1.67 bits per heavy atom. The van der Waals surface area contributed by atoms with E-state index in [1.807, 2.05) is 0 Å². The van der Waals surface area contributed by atoms with Gasteiger partial charge in [-0.05, 0) is 24.4 Å². The Hall–Kier alpha value is -1.96. The number of rotatable bonds is 4. The van der Waals surface area contributed by atoms with Crippen molar-refractivity contribution in [2.75, 3.05) is 30.5 Å². The summed E-state index contributed by atoms with van der Waals surface area (Å²) >= 11 is 5.20. The monoisotopic (exact) mass is 386 g/mol. The summed E-state index contributed by atoms with van der Waals surface area (Å²) in [7, 11) is -7.61. The molecule has 1 fully saturated rings. The first-order valence-corrected chi connectivity index (χ1v) is 10.8. The van der Waals surface area contributed by atoms with E-state index >= 15 is 0 Å². The number of hydrogen-bond acceptors (Lipinski definition) is 6. The second-order valence-electron chi connectivity index (χ2n) is 5.22. The van der Waals surface area contributed by atoms with Crippen molar-refractivity contribution in [2.24, 2.45) is 0 Å². The standard InChI is InChI=1S/C14H14N2O5S3/c1-4-8-15-9-12(17)16(14(15)22)13-10(23(2,18)19)6-5-7-11(13)24(3,20)21/h1,5-7H,8-9H2,2-3H3. The largest absolute Gasteiger partial charge is 0.328 e. The summed E-state index contributed by atoms with van der Waals surface area (Å²) in [4.78, 5) is 14.1. The van der Waals surface area contributed by atoms with Crippen molar-refractivity contribution in [3.63, 3.8) is 0 Å². The van der Waals surface area contributed by atoms with Gasteiger partial charge in [0.25, 0.3) is 5.91 Å². The molecule has 1 aromatic rings. The summed E-state index contributed by atoms with van der Waals surface area (Å²) in [6, 6.07) is 3.78. The first kappa shape index (κ1) is 18.4. The van der Waals surface area contributed by atoms with E-state index in [1.54, 1.807) is 0 Å². The first-order chi connectivity index (χ1) is 11.0. The number of anilines is 1. The van der Waals surface area contributed by atoms with Gasteiger partial charge in [-0.2, -0.15) is 0 Å². The lowest BCUT2D eigenvalue weighted by molar-refractivity contribution is -0.116. The zero-order valence-electron chi connectivity index (χ0n) is 12.9. The van der Waals surface area contributed by atoms with Crippen LogP contribution in [0.4, 0.5) is 5.69 Å². The lowest BCUT2D eigenvalue weighted by atomic mass is 10.3. The third-order valence-corrected chi connectivity index (χ3v) is 6.00. The number of thiocarbonyl (C=S) groups is 1. The predicted octanol–water partition coefficient (Wildman–Crippen LogP) is 0.0603. The molecule has 0 saturated carbocycles. The van der Waals surface area contributed by atoms with Crippen LogP contribution in [0.5, 0.6) is 0 Å². The minimum atomic E-state index is -3.81. The molecule has 128 valence electrons. The first-order valence-electron chi connectivity index (χ1n) is 6.57. The van der Waals surface area contributed by atoms with Gasteiger partial charge in [0.2, 0.25) is 0 Å². The molecule has 10 heteroatoms. The number of hydrogen-bond donors (Lipinski definition) is 0. The van der Waals surface area contributed by atoms with Crippen molar-refractivity contribution in [2.45, 2.75) is 9.79 Å². The topological polar surface area (TPSA) is 91.8 Å². The van der Waals surface area contributed by atoms with E-state index in [1.165, 1.54) is 23.1 Å². The molecule has 0 radical (unpaired) electrons. The SMILES string of the molecule is C#CCN1CC(=O)N(c2c(S(C)(=O)=O)cccc2S(C)(=O)=O)C1=S. The van der Waals surface area contributed by atoms with E-state index in [0.29, 0.717) is 0 Å². The predicted molar refractivity (Wildman–Crippen MR) is 93.2 cm³/mol. The number of carbonyl (C=O) groups excluding carboxylic acids is 1.